The van der Waals surface area contributed by atoms with Crippen LogP contribution in [0.5, 0.6) is 0 Å². The monoisotopic (exact) mass is 395 g/mol. The molecule has 28 heavy (non-hydrogen) atoms. The van der Waals surface area contributed by atoms with E-state index in [0.29, 0.717) is 19.6 Å². The lowest BCUT2D eigenvalue weighted by Crippen LogP contribution is -2.64. The number of ether oxygens (including phenoxy) is 3. The number of hydrogen-bond donors (Lipinski definition) is 4. The van der Waals surface area contributed by atoms with Gasteiger partial charge in [-0.25, -0.2) is 0 Å². The minimum Gasteiger partial charge on any atom is -0.394 e. The topological polar surface area (TPSA) is 117 Å². The van der Waals surface area contributed by atoms with Crippen LogP contribution in [0, 0.1) is 0 Å². The molecule has 2 rings (SSSR count). The van der Waals surface area contributed by atoms with Crippen LogP contribution in [-0.4, -0.2) is 71.7 Å². The highest BCUT2D eigenvalue weighted by atomic mass is 16.7. The molecule has 1 amide bonds. The maximum atomic E-state index is 11.4. The standard InChI is InChI=1S/C20H29NO7/c1-3-14-5-7-15(8-6-14)12-26-9-4-10-27-20-17(21-13(2)23)19(25)18(24)16(11-22)28-20/h3,5-8,16-20,22,24-25H,1,4,9-12H2,2H3,(H,21,23)/t16-,17-,18-,19-,20-/m1/s1. The van der Waals surface area contributed by atoms with E-state index in [1.54, 1.807) is 6.08 Å². The third kappa shape index (κ3) is 6.37. The Bertz CT molecular complexity index is 621. The van der Waals surface area contributed by atoms with Crippen molar-refractivity contribution >= 4 is 12.0 Å². The molecule has 0 aliphatic carbocycles. The Balaban J connectivity index is 1.75. The van der Waals surface area contributed by atoms with Crippen LogP contribution < -0.4 is 5.32 Å². The van der Waals surface area contributed by atoms with Gasteiger partial charge in [0.15, 0.2) is 6.29 Å². The summed E-state index contributed by atoms with van der Waals surface area (Å²) in [4.78, 5) is 11.4. The summed E-state index contributed by atoms with van der Waals surface area (Å²) in [6.45, 7) is 5.73. The van der Waals surface area contributed by atoms with E-state index in [9.17, 15) is 20.1 Å². The maximum absolute atomic E-state index is 11.4. The van der Waals surface area contributed by atoms with Gasteiger partial charge in [-0.05, 0) is 17.5 Å². The number of aliphatic hydroxyl groups is 3. The number of rotatable bonds is 10. The minimum absolute atomic E-state index is 0.261. The summed E-state index contributed by atoms with van der Waals surface area (Å²) in [5.41, 5.74) is 2.10. The quantitative estimate of drug-likeness (QED) is 0.418. The van der Waals surface area contributed by atoms with E-state index in [4.69, 9.17) is 14.2 Å². The molecule has 0 bridgehead atoms. The fraction of sp³-hybridized carbons (Fsp3) is 0.550. The van der Waals surface area contributed by atoms with E-state index in [1.807, 2.05) is 24.3 Å². The number of amides is 1. The Labute approximate surface area is 164 Å². The summed E-state index contributed by atoms with van der Waals surface area (Å²) in [5.74, 6) is -0.387. The predicted molar refractivity (Wildman–Crippen MR) is 102 cm³/mol. The van der Waals surface area contributed by atoms with Crippen molar-refractivity contribution < 1.29 is 34.3 Å². The molecule has 1 heterocycles. The molecular formula is C20H29NO7. The number of carbonyl (C=O) groups excluding carboxylic acids is 1. The van der Waals surface area contributed by atoms with Gasteiger partial charge >= 0.3 is 0 Å². The van der Waals surface area contributed by atoms with Crippen LogP contribution in [0.2, 0.25) is 0 Å². The number of hydrogen-bond acceptors (Lipinski definition) is 7. The molecule has 8 nitrogen and oxygen atoms in total. The highest BCUT2D eigenvalue weighted by molar-refractivity contribution is 5.73. The van der Waals surface area contributed by atoms with Gasteiger partial charge in [0.25, 0.3) is 0 Å². The first-order chi connectivity index (χ1) is 13.5. The summed E-state index contributed by atoms with van der Waals surface area (Å²) in [6.07, 6.45) is -2.25. The average molecular weight is 395 g/mol. The Kier molecular flexibility index (Phi) is 9.04. The summed E-state index contributed by atoms with van der Waals surface area (Å²) >= 11 is 0. The van der Waals surface area contributed by atoms with Gasteiger partial charge in [-0.3, -0.25) is 4.79 Å². The summed E-state index contributed by atoms with van der Waals surface area (Å²) < 4.78 is 16.7. The zero-order valence-electron chi connectivity index (χ0n) is 16.0. The minimum atomic E-state index is -1.32. The van der Waals surface area contributed by atoms with Crippen LogP contribution in [0.15, 0.2) is 30.8 Å². The van der Waals surface area contributed by atoms with Crippen LogP contribution in [0.3, 0.4) is 0 Å². The molecule has 0 radical (unpaired) electrons. The third-order valence-electron chi connectivity index (χ3n) is 4.45. The van der Waals surface area contributed by atoms with Gasteiger partial charge < -0.3 is 34.8 Å². The number of nitrogens with one attached hydrogen (secondary N) is 1. The molecule has 0 saturated carbocycles. The SMILES string of the molecule is C=Cc1ccc(COCCCO[C@@H]2O[C@H](CO)[C@@H](O)[C@H](O)[C@H]2NC(C)=O)cc1. The van der Waals surface area contributed by atoms with Gasteiger partial charge in [0, 0.05) is 13.5 Å². The van der Waals surface area contributed by atoms with Crippen molar-refractivity contribution in [3.63, 3.8) is 0 Å². The van der Waals surface area contributed by atoms with Crippen LogP contribution in [0.4, 0.5) is 0 Å². The van der Waals surface area contributed by atoms with E-state index in [2.05, 4.69) is 11.9 Å². The molecular weight excluding hydrogens is 366 g/mol. The van der Waals surface area contributed by atoms with Crippen molar-refractivity contribution in [3.05, 3.63) is 42.0 Å². The number of carbonyl (C=O) groups is 1. The lowest BCUT2D eigenvalue weighted by Gasteiger charge is -2.42. The molecule has 1 aliphatic heterocycles. The van der Waals surface area contributed by atoms with E-state index < -0.39 is 37.3 Å². The molecule has 1 fully saturated rings. The van der Waals surface area contributed by atoms with Crippen molar-refractivity contribution in [1.82, 2.24) is 5.32 Å². The van der Waals surface area contributed by atoms with E-state index in [-0.39, 0.29) is 12.5 Å². The number of aliphatic hydroxyl groups excluding tert-OH is 3. The third-order valence-corrected chi connectivity index (χ3v) is 4.45. The molecule has 156 valence electrons. The van der Waals surface area contributed by atoms with Crippen molar-refractivity contribution in [1.29, 1.82) is 0 Å². The Morgan fingerprint density at radius 2 is 1.96 bits per heavy atom. The first kappa shape index (κ1) is 22.5. The number of benzene rings is 1. The van der Waals surface area contributed by atoms with Crippen molar-refractivity contribution in [2.75, 3.05) is 19.8 Å². The van der Waals surface area contributed by atoms with Crippen LogP contribution in [-0.2, 0) is 25.6 Å². The Hall–Kier alpha value is -1.81. The lowest BCUT2D eigenvalue weighted by molar-refractivity contribution is -0.270. The van der Waals surface area contributed by atoms with E-state index >= 15 is 0 Å². The molecule has 1 aromatic rings. The smallest absolute Gasteiger partial charge is 0.217 e. The molecule has 1 saturated heterocycles. The van der Waals surface area contributed by atoms with E-state index in [0.717, 1.165) is 11.1 Å². The fourth-order valence-electron chi connectivity index (χ4n) is 2.91. The normalized spacial score (nSPS) is 27.4. The van der Waals surface area contributed by atoms with Crippen LogP contribution in [0.1, 0.15) is 24.5 Å². The van der Waals surface area contributed by atoms with Gasteiger partial charge in [-0.15, -0.1) is 0 Å². The van der Waals surface area contributed by atoms with Gasteiger partial charge in [0.2, 0.25) is 5.91 Å². The lowest BCUT2D eigenvalue weighted by atomic mass is 9.97. The van der Waals surface area contributed by atoms with Gasteiger partial charge in [0.1, 0.15) is 24.4 Å². The highest BCUT2D eigenvalue weighted by Gasteiger charge is 2.45. The van der Waals surface area contributed by atoms with Gasteiger partial charge in [-0.1, -0.05) is 36.9 Å². The molecule has 5 atom stereocenters. The molecule has 1 aliphatic rings. The second-order valence-corrected chi connectivity index (χ2v) is 6.66. The molecule has 0 unspecified atom stereocenters. The molecule has 8 heteroatoms. The summed E-state index contributed by atoms with van der Waals surface area (Å²) in [7, 11) is 0. The second-order valence-electron chi connectivity index (χ2n) is 6.66. The van der Waals surface area contributed by atoms with E-state index in [1.165, 1.54) is 6.92 Å². The summed E-state index contributed by atoms with van der Waals surface area (Å²) in [5, 5.41) is 32.0. The average Bonchev–Trinajstić information content (AvgIpc) is 2.69. The van der Waals surface area contributed by atoms with Crippen LogP contribution >= 0.6 is 0 Å². The van der Waals surface area contributed by atoms with Gasteiger partial charge in [-0.2, -0.15) is 0 Å². The zero-order valence-corrected chi connectivity index (χ0v) is 16.0. The molecule has 4 N–H and O–H groups in total. The van der Waals surface area contributed by atoms with Crippen LogP contribution in [0.25, 0.3) is 6.08 Å². The molecule has 0 spiro atoms. The maximum Gasteiger partial charge on any atom is 0.217 e. The summed E-state index contributed by atoms with van der Waals surface area (Å²) in [6, 6.07) is 6.95. The second kappa shape index (κ2) is 11.3. The van der Waals surface area contributed by atoms with Gasteiger partial charge in [0.05, 0.1) is 19.8 Å². The molecule has 1 aromatic carbocycles. The molecule has 0 aromatic heterocycles. The highest BCUT2D eigenvalue weighted by Crippen LogP contribution is 2.22. The largest absolute Gasteiger partial charge is 0.394 e. The Morgan fingerprint density at radius 1 is 1.25 bits per heavy atom. The Morgan fingerprint density at radius 3 is 2.57 bits per heavy atom. The van der Waals surface area contributed by atoms with Crippen molar-refractivity contribution in [2.24, 2.45) is 0 Å². The first-order valence-corrected chi connectivity index (χ1v) is 9.26. The zero-order chi connectivity index (χ0) is 20.5. The van der Waals surface area contributed by atoms with Crippen molar-refractivity contribution in [3.8, 4) is 0 Å². The van der Waals surface area contributed by atoms with Crippen molar-refractivity contribution in [2.45, 2.75) is 50.6 Å². The fourth-order valence-corrected chi connectivity index (χ4v) is 2.91. The predicted octanol–water partition coefficient (Wildman–Crippen LogP) is 0.197. The first-order valence-electron chi connectivity index (χ1n) is 9.26.